The number of halogens is 4. The molecule has 0 saturated carbocycles. The second-order valence-corrected chi connectivity index (χ2v) is 6.20. The van der Waals surface area contributed by atoms with Crippen LogP contribution in [0.15, 0.2) is 48.5 Å². The first-order chi connectivity index (χ1) is 12.7. The van der Waals surface area contributed by atoms with E-state index < -0.39 is 17.8 Å². The van der Waals surface area contributed by atoms with Crippen molar-refractivity contribution >= 4 is 28.9 Å². The Labute approximate surface area is 157 Å². The molecule has 1 aromatic heterocycles. The molecular weight excluding hydrogens is 381 g/mol. The second kappa shape index (κ2) is 6.96. The van der Waals surface area contributed by atoms with E-state index in [2.05, 4.69) is 10.4 Å². The molecule has 5 nitrogen and oxygen atoms in total. The summed E-state index contributed by atoms with van der Waals surface area (Å²) in [6, 6.07) is 11.9. The molecule has 1 heterocycles. The third-order valence-corrected chi connectivity index (χ3v) is 4.15. The SMILES string of the molecule is Cc1cc(C(F)(F)F)nn1-c1ccc(C(=O)Nc2ccccc2Cl)cc1N. The van der Waals surface area contributed by atoms with Crippen molar-refractivity contribution in [2.45, 2.75) is 13.1 Å². The largest absolute Gasteiger partial charge is 0.435 e. The number of nitrogens with zero attached hydrogens (tertiary/aromatic N) is 2. The summed E-state index contributed by atoms with van der Waals surface area (Å²) in [4.78, 5) is 12.4. The molecule has 3 rings (SSSR count). The number of carbonyl (C=O) groups excluding carboxylic acids is 1. The number of aryl methyl sites for hydroxylation is 1. The van der Waals surface area contributed by atoms with E-state index in [0.717, 1.165) is 10.7 Å². The molecule has 0 bridgehead atoms. The van der Waals surface area contributed by atoms with Gasteiger partial charge in [0.25, 0.3) is 5.91 Å². The van der Waals surface area contributed by atoms with Crippen molar-refractivity contribution in [3.8, 4) is 5.69 Å². The normalized spacial score (nSPS) is 11.4. The number of rotatable bonds is 3. The van der Waals surface area contributed by atoms with Gasteiger partial charge in [-0.15, -0.1) is 0 Å². The second-order valence-electron chi connectivity index (χ2n) is 5.79. The first-order valence-corrected chi connectivity index (χ1v) is 8.14. The monoisotopic (exact) mass is 394 g/mol. The van der Waals surface area contributed by atoms with E-state index in [0.29, 0.717) is 10.7 Å². The van der Waals surface area contributed by atoms with Crippen LogP contribution in [0, 0.1) is 6.92 Å². The minimum atomic E-state index is -4.56. The van der Waals surface area contributed by atoms with Crippen molar-refractivity contribution in [3.63, 3.8) is 0 Å². The van der Waals surface area contributed by atoms with Crippen LogP contribution in [0.4, 0.5) is 24.5 Å². The van der Waals surface area contributed by atoms with Gasteiger partial charge in [-0.2, -0.15) is 18.3 Å². The highest BCUT2D eigenvalue weighted by Gasteiger charge is 2.34. The fraction of sp³-hybridized carbons (Fsp3) is 0.111. The van der Waals surface area contributed by atoms with Gasteiger partial charge in [0.15, 0.2) is 5.69 Å². The van der Waals surface area contributed by atoms with Gasteiger partial charge in [0.2, 0.25) is 0 Å². The molecular formula is C18H14ClF3N4O. The molecule has 1 amide bonds. The van der Waals surface area contributed by atoms with Crippen LogP contribution in [0.2, 0.25) is 5.02 Å². The van der Waals surface area contributed by atoms with Crippen LogP contribution in [0.25, 0.3) is 5.69 Å². The summed E-state index contributed by atoms with van der Waals surface area (Å²) in [5.41, 5.74) is 6.23. The van der Waals surface area contributed by atoms with E-state index in [1.165, 1.54) is 25.1 Å². The van der Waals surface area contributed by atoms with Crippen LogP contribution < -0.4 is 11.1 Å². The molecule has 0 saturated heterocycles. The molecule has 0 aliphatic carbocycles. The molecule has 0 fully saturated rings. The Morgan fingerprint density at radius 2 is 1.89 bits per heavy atom. The van der Waals surface area contributed by atoms with Gasteiger partial charge < -0.3 is 11.1 Å². The number of nitrogen functional groups attached to an aromatic ring is 1. The zero-order valence-corrected chi connectivity index (χ0v) is 14.8. The average molecular weight is 395 g/mol. The van der Waals surface area contributed by atoms with Crippen molar-refractivity contribution < 1.29 is 18.0 Å². The number of carbonyl (C=O) groups is 1. The highest BCUT2D eigenvalue weighted by molar-refractivity contribution is 6.33. The molecule has 140 valence electrons. The predicted molar refractivity (Wildman–Crippen MR) is 97.1 cm³/mol. The minimum Gasteiger partial charge on any atom is -0.397 e. The van der Waals surface area contributed by atoms with Gasteiger partial charge in [0, 0.05) is 11.3 Å². The number of anilines is 2. The van der Waals surface area contributed by atoms with E-state index in [4.69, 9.17) is 17.3 Å². The number of aromatic nitrogens is 2. The maximum atomic E-state index is 12.8. The number of nitrogens with one attached hydrogen (secondary N) is 1. The summed E-state index contributed by atoms with van der Waals surface area (Å²) in [5, 5.41) is 6.59. The third-order valence-electron chi connectivity index (χ3n) is 3.82. The number of nitrogens with two attached hydrogens (primary N) is 1. The molecule has 2 aromatic carbocycles. The van der Waals surface area contributed by atoms with Crippen molar-refractivity contribution in [2.75, 3.05) is 11.1 Å². The van der Waals surface area contributed by atoms with Gasteiger partial charge in [0.05, 0.1) is 22.1 Å². The Bertz CT molecular complexity index is 1010. The predicted octanol–water partition coefficient (Wildman–Crippen LogP) is 4.69. The van der Waals surface area contributed by atoms with Crippen LogP contribution >= 0.6 is 11.6 Å². The quantitative estimate of drug-likeness (QED) is 0.633. The number of alkyl halides is 3. The van der Waals surface area contributed by atoms with Crippen LogP contribution in [0.1, 0.15) is 21.7 Å². The summed E-state index contributed by atoms with van der Waals surface area (Å²) >= 11 is 6.01. The number of hydrogen-bond acceptors (Lipinski definition) is 3. The molecule has 0 atom stereocenters. The molecule has 3 N–H and O–H groups in total. The van der Waals surface area contributed by atoms with Crippen molar-refractivity contribution in [1.82, 2.24) is 9.78 Å². The van der Waals surface area contributed by atoms with Gasteiger partial charge >= 0.3 is 6.18 Å². The molecule has 27 heavy (non-hydrogen) atoms. The minimum absolute atomic E-state index is 0.113. The van der Waals surface area contributed by atoms with E-state index in [1.54, 1.807) is 24.3 Å². The summed E-state index contributed by atoms with van der Waals surface area (Å²) in [6.07, 6.45) is -4.56. The average Bonchev–Trinajstić information content (AvgIpc) is 2.99. The Morgan fingerprint density at radius 1 is 1.19 bits per heavy atom. The van der Waals surface area contributed by atoms with E-state index in [-0.39, 0.29) is 22.6 Å². The lowest BCUT2D eigenvalue weighted by Gasteiger charge is -2.11. The molecule has 3 aromatic rings. The van der Waals surface area contributed by atoms with E-state index in [1.807, 2.05) is 0 Å². The van der Waals surface area contributed by atoms with Gasteiger partial charge in [-0.25, -0.2) is 4.68 Å². The van der Waals surface area contributed by atoms with Gasteiger partial charge in [-0.05, 0) is 43.3 Å². The zero-order chi connectivity index (χ0) is 19.8. The number of amides is 1. The van der Waals surface area contributed by atoms with E-state index in [9.17, 15) is 18.0 Å². The van der Waals surface area contributed by atoms with Crippen molar-refractivity contribution in [3.05, 3.63) is 70.5 Å². The summed E-state index contributed by atoms with van der Waals surface area (Å²) in [7, 11) is 0. The van der Waals surface area contributed by atoms with Crippen LogP contribution in [-0.4, -0.2) is 15.7 Å². The smallest absolute Gasteiger partial charge is 0.397 e. The highest BCUT2D eigenvalue weighted by Crippen LogP contribution is 2.30. The van der Waals surface area contributed by atoms with Gasteiger partial charge in [-0.1, -0.05) is 23.7 Å². The lowest BCUT2D eigenvalue weighted by Crippen LogP contribution is -2.13. The first kappa shape index (κ1) is 18.8. The summed E-state index contributed by atoms with van der Waals surface area (Å²) in [5.74, 6) is -0.450. The standard InChI is InChI=1S/C18H14ClF3N4O/c1-10-8-16(18(20,21)22)25-26(10)15-7-6-11(9-13(15)23)17(27)24-14-5-3-2-4-12(14)19/h2-9H,23H2,1H3,(H,24,27). The highest BCUT2D eigenvalue weighted by atomic mass is 35.5. The molecule has 0 radical (unpaired) electrons. The molecule has 0 spiro atoms. The summed E-state index contributed by atoms with van der Waals surface area (Å²) < 4.78 is 39.6. The van der Waals surface area contributed by atoms with Crippen LogP contribution in [-0.2, 0) is 6.18 Å². The van der Waals surface area contributed by atoms with Crippen molar-refractivity contribution in [1.29, 1.82) is 0 Å². The Balaban J connectivity index is 1.89. The zero-order valence-electron chi connectivity index (χ0n) is 14.0. The van der Waals surface area contributed by atoms with E-state index >= 15 is 0 Å². The first-order valence-electron chi connectivity index (χ1n) is 7.76. The maximum Gasteiger partial charge on any atom is 0.435 e. The third kappa shape index (κ3) is 3.90. The van der Waals surface area contributed by atoms with Crippen molar-refractivity contribution in [2.24, 2.45) is 0 Å². The van der Waals surface area contributed by atoms with Gasteiger partial charge in [0.1, 0.15) is 0 Å². The molecule has 0 aliphatic rings. The Kier molecular flexibility index (Phi) is 4.84. The Morgan fingerprint density at radius 3 is 2.48 bits per heavy atom. The van der Waals surface area contributed by atoms with Gasteiger partial charge in [-0.3, -0.25) is 4.79 Å². The topological polar surface area (TPSA) is 72.9 Å². The van der Waals surface area contributed by atoms with Crippen LogP contribution in [0.3, 0.4) is 0 Å². The number of benzene rings is 2. The number of hydrogen-bond donors (Lipinski definition) is 2. The fourth-order valence-corrected chi connectivity index (χ4v) is 2.69. The number of para-hydroxylation sites is 1. The molecule has 0 aliphatic heterocycles. The lowest BCUT2D eigenvalue weighted by atomic mass is 10.1. The van der Waals surface area contributed by atoms with Crippen LogP contribution in [0.5, 0.6) is 0 Å². The molecule has 0 unspecified atom stereocenters. The molecule has 9 heteroatoms. The fourth-order valence-electron chi connectivity index (χ4n) is 2.50. The Hall–Kier alpha value is -3.00. The lowest BCUT2D eigenvalue weighted by molar-refractivity contribution is -0.141. The maximum absolute atomic E-state index is 12.8. The summed E-state index contributed by atoms with van der Waals surface area (Å²) in [6.45, 7) is 1.49.